The Morgan fingerprint density at radius 2 is 1.60 bits per heavy atom. The molecule has 1 N–H and O–H groups in total. The predicted molar refractivity (Wildman–Crippen MR) is 154 cm³/mol. The van der Waals surface area contributed by atoms with Crippen LogP contribution >= 0.6 is 11.6 Å². The smallest absolute Gasteiger partial charge is 0.264 e. The zero-order valence-electron chi connectivity index (χ0n) is 22.3. The summed E-state index contributed by atoms with van der Waals surface area (Å²) in [5, 5.41) is 3.62. The normalized spacial score (nSPS) is 14.5. The Morgan fingerprint density at radius 3 is 2.20 bits per heavy atom. The summed E-state index contributed by atoms with van der Waals surface area (Å²) in [5.41, 5.74) is 1.02. The van der Waals surface area contributed by atoms with E-state index in [9.17, 15) is 22.4 Å². The van der Waals surface area contributed by atoms with Crippen molar-refractivity contribution >= 4 is 39.1 Å². The van der Waals surface area contributed by atoms with Gasteiger partial charge >= 0.3 is 0 Å². The molecular formula is C30H33ClFN3O4S. The van der Waals surface area contributed by atoms with Crippen LogP contribution in [0.1, 0.15) is 44.6 Å². The first kappa shape index (κ1) is 29.6. The SMILES string of the molecule is CC[C@H](C(=O)NC1CCCC1)N(Cc1ccc(Cl)cc1)C(=O)CN(c1ccccc1)S(=O)(=O)c1ccc(F)cc1. The number of hydrogen-bond donors (Lipinski definition) is 1. The largest absolute Gasteiger partial charge is 0.352 e. The van der Waals surface area contributed by atoms with Crippen molar-refractivity contribution in [1.29, 1.82) is 0 Å². The second-order valence-electron chi connectivity index (χ2n) is 9.86. The molecule has 7 nitrogen and oxygen atoms in total. The molecule has 3 aromatic rings. The standard InChI is InChI=1S/C30H33ClFN3O4S/c1-2-28(30(37)33-25-8-6-7-9-25)34(20-22-12-14-23(31)15-13-22)29(36)21-35(26-10-4-3-5-11-26)40(38,39)27-18-16-24(32)17-19-27/h3-5,10-19,25,28H,2,6-9,20-21H2,1H3,(H,33,37)/t28-/m1/s1. The molecule has 1 atom stereocenters. The van der Waals surface area contributed by atoms with E-state index in [4.69, 9.17) is 11.6 Å². The Hall–Kier alpha value is -3.43. The molecule has 1 aliphatic carbocycles. The molecule has 4 rings (SSSR count). The molecule has 1 fully saturated rings. The van der Waals surface area contributed by atoms with Crippen molar-refractivity contribution in [2.45, 2.75) is 62.6 Å². The van der Waals surface area contributed by atoms with E-state index in [0.717, 1.165) is 47.7 Å². The molecule has 0 heterocycles. The maximum atomic E-state index is 14.0. The molecule has 0 aliphatic heterocycles. The topological polar surface area (TPSA) is 86.8 Å². The number of nitrogens with zero attached hydrogens (tertiary/aromatic N) is 2. The monoisotopic (exact) mass is 585 g/mol. The number of para-hydroxylation sites is 1. The van der Waals surface area contributed by atoms with Gasteiger partial charge in [0.2, 0.25) is 11.8 Å². The van der Waals surface area contributed by atoms with Gasteiger partial charge < -0.3 is 10.2 Å². The van der Waals surface area contributed by atoms with E-state index in [0.29, 0.717) is 11.4 Å². The van der Waals surface area contributed by atoms with Crippen molar-refractivity contribution < 1.29 is 22.4 Å². The van der Waals surface area contributed by atoms with Crippen molar-refractivity contribution in [3.8, 4) is 0 Å². The van der Waals surface area contributed by atoms with Crippen molar-refractivity contribution in [2.75, 3.05) is 10.8 Å². The van der Waals surface area contributed by atoms with E-state index in [-0.39, 0.29) is 29.1 Å². The highest BCUT2D eigenvalue weighted by atomic mass is 35.5. The molecule has 10 heteroatoms. The van der Waals surface area contributed by atoms with Gasteiger partial charge in [0.25, 0.3) is 10.0 Å². The molecule has 2 amide bonds. The van der Waals surface area contributed by atoms with Crippen LogP contribution in [0.2, 0.25) is 5.02 Å². The minimum atomic E-state index is -4.25. The molecular weight excluding hydrogens is 553 g/mol. The van der Waals surface area contributed by atoms with Crippen LogP contribution in [-0.2, 0) is 26.2 Å². The van der Waals surface area contributed by atoms with Crippen molar-refractivity contribution in [2.24, 2.45) is 0 Å². The summed E-state index contributed by atoms with van der Waals surface area (Å²) in [6, 6.07) is 18.9. The average Bonchev–Trinajstić information content (AvgIpc) is 3.46. The summed E-state index contributed by atoms with van der Waals surface area (Å²) in [4.78, 5) is 28.7. The van der Waals surface area contributed by atoms with Gasteiger partial charge in [-0.3, -0.25) is 13.9 Å². The maximum absolute atomic E-state index is 14.0. The average molecular weight is 586 g/mol. The molecule has 0 radical (unpaired) electrons. The van der Waals surface area contributed by atoms with Crippen molar-refractivity contribution in [1.82, 2.24) is 10.2 Å². The van der Waals surface area contributed by atoms with Crippen LogP contribution in [0.25, 0.3) is 0 Å². The second-order valence-corrected chi connectivity index (χ2v) is 12.2. The van der Waals surface area contributed by atoms with Gasteiger partial charge in [-0.2, -0.15) is 0 Å². The minimum Gasteiger partial charge on any atom is -0.352 e. The molecule has 0 saturated heterocycles. The number of nitrogens with one attached hydrogen (secondary N) is 1. The highest BCUT2D eigenvalue weighted by molar-refractivity contribution is 7.92. The third kappa shape index (κ3) is 7.20. The lowest BCUT2D eigenvalue weighted by atomic mass is 10.1. The summed E-state index contributed by atoms with van der Waals surface area (Å²) in [7, 11) is -4.25. The van der Waals surface area contributed by atoms with Gasteiger partial charge in [-0.25, -0.2) is 12.8 Å². The lowest BCUT2D eigenvalue weighted by Crippen LogP contribution is -2.53. The minimum absolute atomic E-state index is 0.0636. The lowest BCUT2D eigenvalue weighted by Gasteiger charge is -2.33. The number of amides is 2. The molecule has 1 aliphatic rings. The van der Waals surface area contributed by atoms with E-state index in [1.807, 2.05) is 6.92 Å². The fourth-order valence-corrected chi connectivity index (χ4v) is 6.47. The summed E-state index contributed by atoms with van der Waals surface area (Å²) in [6.07, 6.45) is 4.22. The van der Waals surface area contributed by atoms with E-state index in [1.54, 1.807) is 54.6 Å². The third-order valence-electron chi connectivity index (χ3n) is 7.08. The van der Waals surface area contributed by atoms with Gasteiger partial charge in [0.15, 0.2) is 0 Å². The maximum Gasteiger partial charge on any atom is 0.264 e. The Bertz CT molecular complexity index is 1400. The van der Waals surface area contributed by atoms with Gasteiger partial charge in [-0.05, 0) is 73.4 Å². The predicted octanol–water partition coefficient (Wildman–Crippen LogP) is 5.54. The fourth-order valence-electron chi connectivity index (χ4n) is 4.93. The lowest BCUT2D eigenvalue weighted by molar-refractivity contribution is -0.140. The zero-order chi connectivity index (χ0) is 28.7. The Morgan fingerprint density at radius 1 is 0.975 bits per heavy atom. The molecule has 40 heavy (non-hydrogen) atoms. The number of sulfonamides is 1. The second kappa shape index (κ2) is 13.3. The van der Waals surface area contributed by atoms with E-state index in [1.165, 1.54) is 17.0 Å². The van der Waals surface area contributed by atoms with Crippen molar-refractivity contribution in [3.63, 3.8) is 0 Å². The molecule has 1 saturated carbocycles. The third-order valence-corrected chi connectivity index (χ3v) is 9.12. The number of benzene rings is 3. The highest BCUT2D eigenvalue weighted by Gasteiger charge is 2.34. The number of hydrogen-bond acceptors (Lipinski definition) is 4. The van der Waals surface area contributed by atoms with Crippen LogP contribution in [-0.4, -0.2) is 43.8 Å². The van der Waals surface area contributed by atoms with Crippen LogP contribution in [0.3, 0.4) is 0 Å². The van der Waals surface area contributed by atoms with E-state index < -0.39 is 34.3 Å². The molecule has 0 spiro atoms. The van der Waals surface area contributed by atoms with Crippen LogP contribution < -0.4 is 9.62 Å². The molecule has 0 unspecified atom stereocenters. The van der Waals surface area contributed by atoms with Crippen LogP contribution in [0.4, 0.5) is 10.1 Å². The summed E-state index contributed by atoms with van der Waals surface area (Å²) >= 11 is 6.06. The fraction of sp³-hybridized carbons (Fsp3) is 0.333. The van der Waals surface area contributed by atoms with E-state index in [2.05, 4.69) is 5.32 Å². The summed E-state index contributed by atoms with van der Waals surface area (Å²) in [5.74, 6) is -1.38. The van der Waals surface area contributed by atoms with Crippen LogP contribution in [0, 0.1) is 5.82 Å². The number of carbonyl (C=O) groups excluding carboxylic acids is 2. The summed E-state index contributed by atoms with van der Waals surface area (Å²) in [6.45, 7) is 1.36. The first-order valence-electron chi connectivity index (χ1n) is 13.4. The van der Waals surface area contributed by atoms with Crippen LogP contribution in [0.15, 0.2) is 83.8 Å². The Balaban J connectivity index is 1.68. The quantitative estimate of drug-likeness (QED) is 0.320. The molecule has 3 aromatic carbocycles. The van der Waals surface area contributed by atoms with Crippen LogP contribution in [0.5, 0.6) is 0 Å². The zero-order valence-corrected chi connectivity index (χ0v) is 23.9. The molecule has 0 bridgehead atoms. The molecule has 0 aromatic heterocycles. The van der Waals surface area contributed by atoms with Gasteiger partial charge in [0.05, 0.1) is 10.6 Å². The Labute approximate surface area is 240 Å². The summed E-state index contributed by atoms with van der Waals surface area (Å²) < 4.78 is 42.1. The first-order chi connectivity index (χ1) is 19.2. The first-order valence-corrected chi connectivity index (χ1v) is 15.2. The Kier molecular flexibility index (Phi) is 9.81. The highest BCUT2D eigenvalue weighted by Crippen LogP contribution is 2.25. The number of anilines is 1. The van der Waals surface area contributed by atoms with Gasteiger partial charge in [0, 0.05) is 17.6 Å². The van der Waals surface area contributed by atoms with E-state index >= 15 is 0 Å². The number of carbonyl (C=O) groups is 2. The van der Waals surface area contributed by atoms with Gasteiger partial charge in [-0.1, -0.05) is 61.7 Å². The van der Waals surface area contributed by atoms with Crippen molar-refractivity contribution in [3.05, 3.63) is 95.3 Å². The molecule has 212 valence electrons. The van der Waals surface area contributed by atoms with Gasteiger partial charge in [-0.15, -0.1) is 0 Å². The number of rotatable bonds is 11. The number of halogens is 2. The van der Waals surface area contributed by atoms with Gasteiger partial charge in [0.1, 0.15) is 18.4 Å².